The molecular formula is C20H18Cl2FN5O2S. The molecule has 0 unspecified atom stereocenters. The van der Waals surface area contributed by atoms with E-state index in [1.54, 1.807) is 35.9 Å². The van der Waals surface area contributed by atoms with E-state index < -0.39 is 11.7 Å². The molecule has 0 saturated carbocycles. The highest BCUT2D eigenvalue weighted by molar-refractivity contribution is 7.99. The van der Waals surface area contributed by atoms with E-state index in [0.717, 1.165) is 0 Å². The summed E-state index contributed by atoms with van der Waals surface area (Å²) in [6.07, 6.45) is 0.397. The zero-order valence-electron chi connectivity index (χ0n) is 16.4. The minimum atomic E-state index is -0.574. The number of aromatic nitrogens is 3. The highest BCUT2D eigenvalue weighted by Crippen LogP contribution is 2.29. The van der Waals surface area contributed by atoms with Crippen LogP contribution in [0.5, 0.6) is 0 Å². The summed E-state index contributed by atoms with van der Waals surface area (Å²) in [4.78, 5) is 24.3. The minimum absolute atomic E-state index is 0.0115. The third kappa shape index (κ3) is 5.96. The molecule has 0 aliphatic heterocycles. The van der Waals surface area contributed by atoms with Crippen molar-refractivity contribution in [3.8, 4) is 0 Å². The van der Waals surface area contributed by atoms with Gasteiger partial charge < -0.3 is 15.2 Å². The van der Waals surface area contributed by atoms with Crippen LogP contribution in [-0.2, 0) is 18.3 Å². The van der Waals surface area contributed by atoms with Crippen LogP contribution in [0.15, 0.2) is 47.6 Å². The molecule has 2 N–H and O–H groups in total. The number of nitrogens with one attached hydrogen (secondary N) is 2. The first-order valence-electron chi connectivity index (χ1n) is 9.14. The van der Waals surface area contributed by atoms with E-state index in [-0.39, 0.29) is 28.8 Å². The molecule has 11 heteroatoms. The molecule has 3 rings (SSSR count). The van der Waals surface area contributed by atoms with Crippen LogP contribution >= 0.6 is 35.0 Å². The molecule has 0 aliphatic rings. The van der Waals surface area contributed by atoms with Crippen LogP contribution in [0.3, 0.4) is 0 Å². The van der Waals surface area contributed by atoms with Gasteiger partial charge in [-0.15, -0.1) is 10.2 Å². The maximum Gasteiger partial charge on any atom is 0.254 e. The Morgan fingerprint density at radius 1 is 1.13 bits per heavy atom. The van der Waals surface area contributed by atoms with Crippen LogP contribution in [0.4, 0.5) is 10.1 Å². The van der Waals surface area contributed by atoms with Crippen molar-refractivity contribution in [1.29, 1.82) is 0 Å². The van der Waals surface area contributed by atoms with Gasteiger partial charge in [-0.3, -0.25) is 9.59 Å². The number of hydrogen-bond acceptors (Lipinski definition) is 5. The van der Waals surface area contributed by atoms with Crippen molar-refractivity contribution in [3.05, 3.63) is 69.7 Å². The summed E-state index contributed by atoms with van der Waals surface area (Å²) in [5, 5.41) is 14.7. The largest absolute Gasteiger partial charge is 0.351 e. The van der Waals surface area contributed by atoms with Crippen molar-refractivity contribution in [2.24, 2.45) is 7.05 Å². The van der Waals surface area contributed by atoms with Crippen LogP contribution in [0.2, 0.25) is 10.0 Å². The van der Waals surface area contributed by atoms with E-state index in [1.165, 1.54) is 30.0 Å². The van der Waals surface area contributed by atoms with Gasteiger partial charge in [0, 0.05) is 20.0 Å². The Hall–Kier alpha value is -2.62. The van der Waals surface area contributed by atoms with E-state index in [1.807, 2.05) is 0 Å². The molecule has 2 aromatic carbocycles. The number of carbonyl (C=O) groups excluding carboxylic acids is 2. The molecule has 0 aliphatic carbocycles. The van der Waals surface area contributed by atoms with Crippen LogP contribution < -0.4 is 10.6 Å². The Kier molecular flexibility index (Phi) is 7.89. The maximum atomic E-state index is 13.7. The standard InChI is InChI=1S/C20H18Cl2FN5O2S/c1-28-16(9-10-24-19(30)12-5-2-3-7-14(12)23)26-27-20(28)31-11-17(29)25-15-8-4-6-13(21)18(15)22/h2-8H,9-11H2,1H3,(H,24,30)(H,25,29). The molecule has 31 heavy (non-hydrogen) atoms. The number of thioether (sulfide) groups is 1. The highest BCUT2D eigenvalue weighted by atomic mass is 35.5. The van der Waals surface area contributed by atoms with Crippen molar-refractivity contribution in [1.82, 2.24) is 20.1 Å². The summed E-state index contributed by atoms with van der Waals surface area (Å²) in [6, 6.07) is 10.8. The number of halogens is 3. The number of nitrogens with zero attached hydrogens (tertiary/aromatic N) is 3. The second kappa shape index (κ2) is 10.6. The van der Waals surface area contributed by atoms with Crippen LogP contribution in [-0.4, -0.2) is 38.9 Å². The third-order valence-electron chi connectivity index (χ3n) is 4.24. The van der Waals surface area contributed by atoms with Gasteiger partial charge in [-0.05, 0) is 24.3 Å². The van der Waals surface area contributed by atoms with Crippen LogP contribution in [0.25, 0.3) is 0 Å². The molecule has 0 saturated heterocycles. The SMILES string of the molecule is Cn1c(CCNC(=O)c2ccccc2F)nnc1SCC(=O)Nc1cccc(Cl)c1Cl. The molecule has 3 aromatic rings. The lowest BCUT2D eigenvalue weighted by Gasteiger charge is -2.08. The molecule has 0 bridgehead atoms. The fourth-order valence-electron chi connectivity index (χ4n) is 2.63. The summed E-state index contributed by atoms with van der Waals surface area (Å²) in [7, 11) is 1.77. The summed E-state index contributed by atoms with van der Waals surface area (Å²) < 4.78 is 15.4. The maximum absolute atomic E-state index is 13.7. The zero-order valence-corrected chi connectivity index (χ0v) is 18.7. The third-order valence-corrected chi connectivity index (χ3v) is 6.07. The topological polar surface area (TPSA) is 88.9 Å². The predicted molar refractivity (Wildman–Crippen MR) is 119 cm³/mol. The van der Waals surface area contributed by atoms with Crippen molar-refractivity contribution in [3.63, 3.8) is 0 Å². The lowest BCUT2D eigenvalue weighted by Crippen LogP contribution is -2.27. The fraction of sp³-hybridized carbons (Fsp3) is 0.200. The smallest absolute Gasteiger partial charge is 0.254 e. The van der Waals surface area contributed by atoms with Gasteiger partial charge in [-0.1, -0.05) is 53.2 Å². The lowest BCUT2D eigenvalue weighted by molar-refractivity contribution is -0.113. The van der Waals surface area contributed by atoms with E-state index in [4.69, 9.17) is 23.2 Å². The van der Waals surface area contributed by atoms with Crippen LogP contribution in [0.1, 0.15) is 16.2 Å². The van der Waals surface area contributed by atoms with E-state index in [0.29, 0.717) is 28.1 Å². The molecule has 7 nitrogen and oxygen atoms in total. The van der Waals surface area contributed by atoms with Gasteiger partial charge in [0.1, 0.15) is 11.6 Å². The molecule has 1 heterocycles. The van der Waals surface area contributed by atoms with Crippen molar-refractivity contribution in [2.75, 3.05) is 17.6 Å². The normalized spacial score (nSPS) is 10.7. The van der Waals surface area contributed by atoms with Gasteiger partial charge in [0.25, 0.3) is 5.91 Å². The second-order valence-corrected chi connectivity index (χ2v) is 8.11. The summed E-state index contributed by atoms with van der Waals surface area (Å²) in [5.74, 6) is -0.620. The summed E-state index contributed by atoms with van der Waals surface area (Å²) in [5.41, 5.74) is 0.423. The van der Waals surface area contributed by atoms with Crippen molar-refractivity contribution < 1.29 is 14.0 Å². The first kappa shape index (κ1) is 23.1. The molecule has 0 spiro atoms. The quantitative estimate of drug-likeness (QED) is 0.475. The molecule has 2 amide bonds. The Bertz CT molecular complexity index is 1110. The fourth-order valence-corrected chi connectivity index (χ4v) is 3.71. The molecule has 0 atom stereocenters. The molecule has 162 valence electrons. The van der Waals surface area contributed by atoms with Crippen molar-refractivity contribution >= 4 is 52.5 Å². The second-order valence-electron chi connectivity index (χ2n) is 6.38. The van der Waals surface area contributed by atoms with Gasteiger partial charge in [-0.25, -0.2) is 4.39 Å². The predicted octanol–water partition coefficient (Wildman–Crippen LogP) is 3.96. The number of benzene rings is 2. The molecule has 0 fully saturated rings. The number of amides is 2. The Morgan fingerprint density at radius 2 is 1.90 bits per heavy atom. The average molecular weight is 482 g/mol. The van der Waals surface area contributed by atoms with Gasteiger partial charge >= 0.3 is 0 Å². The van der Waals surface area contributed by atoms with E-state index >= 15 is 0 Å². The molecular weight excluding hydrogens is 464 g/mol. The van der Waals surface area contributed by atoms with Gasteiger partial charge in [0.2, 0.25) is 5.91 Å². The molecule has 0 radical (unpaired) electrons. The Morgan fingerprint density at radius 3 is 2.68 bits per heavy atom. The molecule has 1 aromatic heterocycles. The number of hydrogen-bond donors (Lipinski definition) is 2. The monoisotopic (exact) mass is 481 g/mol. The van der Waals surface area contributed by atoms with Gasteiger partial charge in [-0.2, -0.15) is 0 Å². The zero-order chi connectivity index (χ0) is 22.4. The van der Waals surface area contributed by atoms with E-state index in [2.05, 4.69) is 20.8 Å². The van der Waals surface area contributed by atoms with Crippen LogP contribution in [0, 0.1) is 5.82 Å². The number of carbonyl (C=O) groups is 2. The Labute approximate surface area is 192 Å². The van der Waals surface area contributed by atoms with Crippen molar-refractivity contribution in [2.45, 2.75) is 11.6 Å². The number of anilines is 1. The first-order valence-corrected chi connectivity index (χ1v) is 10.9. The Balaban J connectivity index is 1.49. The summed E-state index contributed by atoms with van der Waals surface area (Å²) in [6.45, 7) is 0.261. The highest BCUT2D eigenvalue weighted by Gasteiger charge is 2.14. The minimum Gasteiger partial charge on any atom is -0.351 e. The number of rotatable bonds is 8. The summed E-state index contributed by atoms with van der Waals surface area (Å²) >= 11 is 13.2. The average Bonchev–Trinajstić information content (AvgIpc) is 3.09. The first-order chi connectivity index (χ1) is 14.9. The van der Waals surface area contributed by atoms with E-state index in [9.17, 15) is 14.0 Å². The van der Waals surface area contributed by atoms with Gasteiger partial charge in [0.05, 0.1) is 27.0 Å². The van der Waals surface area contributed by atoms with Gasteiger partial charge in [0.15, 0.2) is 5.16 Å². The lowest BCUT2D eigenvalue weighted by atomic mass is 10.2.